The van der Waals surface area contributed by atoms with Crippen molar-refractivity contribution in [1.82, 2.24) is 14.9 Å². The van der Waals surface area contributed by atoms with Crippen LogP contribution in [0.3, 0.4) is 0 Å². The third-order valence-electron chi connectivity index (χ3n) is 2.99. The van der Waals surface area contributed by atoms with Crippen LogP contribution in [0.2, 0.25) is 0 Å². The predicted octanol–water partition coefficient (Wildman–Crippen LogP) is 2.71. The lowest BCUT2D eigenvalue weighted by molar-refractivity contribution is 0.238. The summed E-state index contributed by atoms with van der Waals surface area (Å²) in [7, 11) is 0. The first-order valence-electron chi connectivity index (χ1n) is 6.24. The van der Waals surface area contributed by atoms with Crippen LogP contribution in [0.15, 0.2) is 28.8 Å². The molecule has 18 heavy (non-hydrogen) atoms. The van der Waals surface area contributed by atoms with E-state index in [4.69, 9.17) is 4.42 Å². The SMILES string of the molecule is CCN(Cc1ccccn1)Cc1nc(C)c(C)o1. The Morgan fingerprint density at radius 2 is 2.06 bits per heavy atom. The molecule has 2 rings (SSSR count). The topological polar surface area (TPSA) is 42.2 Å². The number of aryl methyl sites for hydroxylation is 2. The molecule has 0 fully saturated rings. The highest BCUT2D eigenvalue weighted by molar-refractivity contribution is 5.06. The van der Waals surface area contributed by atoms with Gasteiger partial charge >= 0.3 is 0 Å². The minimum atomic E-state index is 0.724. The van der Waals surface area contributed by atoms with E-state index in [1.807, 2.05) is 38.2 Å². The summed E-state index contributed by atoms with van der Waals surface area (Å²) in [4.78, 5) is 11.0. The number of pyridine rings is 1. The molecule has 96 valence electrons. The van der Waals surface area contributed by atoms with Crippen molar-refractivity contribution in [2.75, 3.05) is 6.54 Å². The smallest absolute Gasteiger partial charge is 0.208 e. The lowest BCUT2D eigenvalue weighted by Crippen LogP contribution is -2.23. The van der Waals surface area contributed by atoms with Crippen LogP contribution in [-0.2, 0) is 13.1 Å². The van der Waals surface area contributed by atoms with Gasteiger partial charge in [0.1, 0.15) is 5.76 Å². The molecule has 0 aliphatic carbocycles. The van der Waals surface area contributed by atoms with E-state index in [9.17, 15) is 0 Å². The Morgan fingerprint density at radius 1 is 1.22 bits per heavy atom. The van der Waals surface area contributed by atoms with Crippen molar-refractivity contribution in [1.29, 1.82) is 0 Å². The fourth-order valence-electron chi connectivity index (χ4n) is 1.80. The van der Waals surface area contributed by atoms with Crippen LogP contribution in [0.25, 0.3) is 0 Å². The van der Waals surface area contributed by atoms with Crippen molar-refractivity contribution in [2.45, 2.75) is 33.9 Å². The Labute approximate surface area is 108 Å². The van der Waals surface area contributed by atoms with Crippen molar-refractivity contribution in [3.8, 4) is 0 Å². The molecule has 0 spiro atoms. The highest BCUT2D eigenvalue weighted by Crippen LogP contribution is 2.12. The standard InChI is InChI=1S/C14H19N3O/c1-4-17(9-13-7-5-6-8-15-13)10-14-16-11(2)12(3)18-14/h5-8H,4,9-10H2,1-3H3. The second kappa shape index (κ2) is 5.78. The summed E-state index contributed by atoms with van der Waals surface area (Å²) in [5.74, 6) is 1.68. The molecule has 4 nitrogen and oxygen atoms in total. The lowest BCUT2D eigenvalue weighted by atomic mass is 10.3. The van der Waals surface area contributed by atoms with Gasteiger partial charge in [-0.25, -0.2) is 4.98 Å². The highest BCUT2D eigenvalue weighted by Gasteiger charge is 2.11. The molecule has 2 aromatic rings. The van der Waals surface area contributed by atoms with Crippen LogP contribution in [0, 0.1) is 13.8 Å². The zero-order valence-corrected chi connectivity index (χ0v) is 11.2. The Morgan fingerprint density at radius 3 is 2.61 bits per heavy atom. The molecule has 0 unspecified atom stereocenters. The van der Waals surface area contributed by atoms with Crippen LogP contribution in [0.5, 0.6) is 0 Å². The summed E-state index contributed by atoms with van der Waals surface area (Å²) in [5.41, 5.74) is 2.04. The molecule has 0 saturated carbocycles. The van der Waals surface area contributed by atoms with Crippen LogP contribution in [0.4, 0.5) is 0 Å². The van der Waals surface area contributed by atoms with Crippen LogP contribution in [0.1, 0.15) is 30.0 Å². The van der Waals surface area contributed by atoms with E-state index in [0.717, 1.165) is 42.7 Å². The maximum Gasteiger partial charge on any atom is 0.208 e. The molecular weight excluding hydrogens is 226 g/mol. The number of rotatable bonds is 5. The van der Waals surface area contributed by atoms with Gasteiger partial charge in [0.25, 0.3) is 0 Å². The molecule has 0 aromatic carbocycles. The molecular formula is C14H19N3O. The minimum Gasteiger partial charge on any atom is -0.444 e. The Balaban J connectivity index is 2.01. The van der Waals surface area contributed by atoms with Gasteiger partial charge in [-0.05, 0) is 32.5 Å². The molecule has 2 heterocycles. The highest BCUT2D eigenvalue weighted by atomic mass is 16.4. The molecule has 0 N–H and O–H groups in total. The van der Waals surface area contributed by atoms with E-state index in [1.165, 1.54) is 0 Å². The first kappa shape index (κ1) is 12.8. The first-order chi connectivity index (χ1) is 8.69. The van der Waals surface area contributed by atoms with Gasteiger partial charge in [0, 0.05) is 12.7 Å². The van der Waals surface area contributed by atoms with Gasteiger partial charge in [-0.15, -0.1) is 0 Å². The second-order valence-corrected chi connectivity index (χ2v) is 4.37. The van der Waals surface area contributed by atoms with Gasteiger partial charge in [-0.2, -0.15) is 0 Å². The molecule has 0 atom stereocenters. The molecule has 2 aromatic heterocycles. The molecule has 0 bridgehead atoms. The fraction of sp³-hybridized carbons (Fsp3) is 0.429. The Hall–Kier alpha value is -1.68. The van der Waals surface area contributed by atoms with E-state index in [0.29, 0.717) is 0 Å². The first-order valence-corrected chi connectivity index (χ1v) is 6.24. The number of hydrogen-bond acceptors (Lipinski definition) is 4. The second-order valence-electron chi connectivity index (χ2n) is 4.37. The van der Waals surface area contributed by atoms with Gasteiger partial charge in [-0.3, -0.25) is 9.88 Å². The average Bonchev–Trinajstić information content (AvgIpc) is 2.69. The van der Waals surface area contributed by atoms with Crippen LogP contribution in [-0.4, -0.2) is 21.4 Å². The number of hydrogen-bond donors (Lipinski definition) is 0. The molecule has 0 saturated heterocycles. The van der Waals surface area contributed by atoms with Crippen molar-refractivity contribution in [3.05, 3.63) is 47.4 Å². The average molecular weight is 245 g/mol. The van der Waals surface area contributed by atoms with Crippen molar-refractivity contribution >= 4 is 0 Å². The zero-order valence-electron chi connectivity index (χ0n) is 11.2. The third kappa shape index (κ3) is 3.17. The summed E-state index contributed by atoms with van der Waals surface area (Å²) in [6, 6.07) is 5.98. The van der Waals surface area contributed by atoms with E-state index in [-0.39, 0.29) is 0 Å². The molecule has 4 heteroatoms. The van der Waals surface area contributed by atoms with Crippen LogP contribution < -0.4 is 0 Å². The zero-order chi connectivity index (χ0) is 13.0. The largest absolute Gasteiger partial charge is 0.444 e. The van der Waals surface area contributed by atoms with Gasteiger partial charge in [0.05, 0.1) is 17.9 Å². The van der Waals surface area contributed by atoms with E-state index >= 15 is 0 Å². The van der Waals surface area contributed by atoms with Crippen LogP contribution >= 0.6 is 0 Å². The van der Waals surface area contributed by atoms with E-state index < -0.39 is 0 Å². The quantitative estimate of drug-likeness (QED) is 0.812. The summed E-state index contributed by atoms with van der Waals surface area (Å²) < 4.78 is 5.61. The van der Waals surface area contributed by atoms with E-state index in [1.54, 1.807) is 0 Å². The predicted molar refractivity (Wildman–Crippen MR) is 70.0 cm³/mol. The molecule has 0 aliphatic rings. The number of aromatic nitrogens is 2. The van der Waals surface area contributed by atoms with Crippen molar-refractivity contribution < 1.29 is 4.42 Å². The lowest BCUT2D eigenvalue weighted by Gasteiger charge is -2.17. The molecule has 0 aliphatic heterocycles. The Kier molecular flexibility index (Phi) is 4.10. The molecule has 0 radical (unpaired) electrons. The summed E-state index contributed by atoms with van der Waals surface area (Å²) >= 11 is 0. The van der Waals surface area contributed by atoms with Crippen molar-refractivity contribution in [2.24, 2.45) is 0 Å². The molecule has 0 amide bonds. The van der Waals surface area contributed by atoms with E-state index in [2.05, 4.69) is 21.8 Å². The number of nitrogens with zero attached hydrogens (tertiary/aromatic N) is 3. The van der Waals surface area contributed by atoms with Gasteiger partial charge < -0.3 is 4.42 Å². The monoisotopic (exact) mass is 245 g/mol. The Bertz CT molecular complexity index is 473. The summed E-state index contributed by atoms with van der Waals surface area (Å²) in [6.45, 7) is 8.53. The maximum atomic E-state index is 5.61. The minimum absolute atomic E-state index is 0.724. The summed E-state index contributed by atoms with van der Waals surface area (Å²) in [5, 5.41) is 0. The fourth-order valence-corrected chi connectivity index (χ4v) is 1.80. The van der Waals surface area contributed by atoms with Gasteiger partial charge in [0.2, 0.25) is 5.89 Å². The van der Waals surface area contributed by atoms with Gasteiger partial charge in [-0.1, -0.05) is 13.0 Å². The maximum absolute atomic E-state index is 5.61. The summed E-state index contributed by atoms with van der Waals surface area (Å²) in [6.07, 6.45) is 1.82. The van der Waals surface area contributed by atoms with Gasteiger partial charge in [0.15, 0.2) is 0 Å². The normalized spacial score (nSPS) is 11.1. The third-order valence-corrected chi connectivity index (χ3v) is 2.99. The van der Waals surface area contributed by atoms with Crippen molar-refractivity contribution in [3.63, 3.8) is 0 Å². The number of oxazole rings is 1.